The maximum atomic E-state index is 12.4. The molecule has 2 aromatic carbocycles. The van der Waals surface area contributed by atoms with Gasteiger partial charge in [-0.1, -0.05) is 41.9 Å². The van der Waals surface area contributed by atoms with Crippen LogP contribution >= 0.6 is 11.6 Å². The predicted octanol–water partition coefficient (Wildman–Crippen LogP) is 2.12. The SMILES string of the molecule is CC(C)NS(=O)(=O)c1ccc(Cl)c(C(=O)NCCNC(=O)Cc2ccccc2)c1. The Balaban J connectivity index is 1.90. The van der Waals surface area contributed by atoms with Crippen molar-refractivity contribution in [2.75, 3.05) is 13.1 Å². The minimum absolute atomic E-state index is 0.0445. The Morgan fingerprint density at radius 1 is 1.00 bits per heavy atom. The lowest BCUT2D eigenvalue weighted by molar-refractivity contribution is -0.120. The summed E-state index contributed by atoms with van der Waals surface area (Å²) in [7, 11) is -3.74. The van der Waals surface area contributed by atoms with Gasteiger partial charge in [0.1, 0.15) is 0 Å². The van der Waals surface area contributed by atoms with Crippen LogP contribution in [-0.2, 0) is 21.2 Å². The van der Waals surface area contributed by atoms with Crippen LogP contribution in [0.3, 0.4) is 0 Å². The van der Waals surface area contributed by atoms with Gasteiger partial charge in [-0.25, -0.2) is 13.1 Å². The lowest BCUT2D eigenvalue weighted by Gasteiger charge is -2.12. The van der Waals surface area contributed by atoms with E-state index in [2.05, 4.69) is 15.4 Å². The zero-order chi connectivity index (χ0) is 21.4. The number of benzene rings is 2. The maximum absolute atomic E-state index is 12.4. The highest BCUT2D eigenvalue weighted by atomic mass is 35.5. The highest BCUT2D eigenvalue weighted by Crippen LogP contribution is 2.20. The third kappa shape index (κ3) is 7.16. The molecule has 3 N–H and O–H groups in total. The fourth-order valence-corrected chi connectivity index (χ4v) is 4.02. The normalized spacial score (nSPS) is 11.3. The van der Waals surface area contributed by atoms with E-state index in [1.54, 1.807) is 13.8 Å². The van der Waals surface area contributed by atoms with E-state index in [0.29, 0.717) is 0 Å². The summed E-state index contributed by atoms with van der Waals surface area (Å²) in [5.74, 6) is -0.676. The van der Waals surface area contributed by atoms with Crippen molar-refractivity contribution >= 4 is 33.4 Å². The minimum Gasteiger partial charge on any atom is -0.354 e. The molecule has 0 spiro atoms. The number of carbonyl (C=O) groups is 2. The molecule has 156 valence electrons. The summed E-state index contributed by atoms with van der Waals surface area (Å²) in [6.07, 6.45) is 0.253. The number of amides is 2. The molecule has 0 saturated carbocycles. The number of hydrogen-bond acceptors (Lipinski definition) is 4. The van der Waals surface area contributed by atoms with Crippen molar-refractivity contribution in [2.45, 2.75) is 31.2 Å². The summed E-state index contributed by atoms with van der Waals surface area (Å²) in [4.78, 5) is 24.2. The predicted molar refractivity (Wildman–Crippen MR) is 112 cm³/mol. The van der Waals surface area contributed by atoms with Crippen LogP contribution in [0.5, 0.6) is 0 Å². The van der Waals surface area contributed by atoms with Gasteiger partial charge in [-0.3, -0.25) is 9.59 Å². The van der Waals surface area contributed by atoms with Crippen LogP contribution in [0.4, 0.5) is 0 Å². The molecule has 0 atom stereocenters. The second-order valence-electron chi connectivity index (χ2n) is 6.69. The Labute approximate surface area is 175 Å². The number of rotatable bonds is 9. The van der Waals surface area contributed by atoms with E-state index in [9.17, 15) is 18.0 Å². The van der Waals surface area contributed by atoms with Crippen LogP contribution in [0.25, 0.3) is 0 Å². The Morgan fingerprint density at radius 2 is 1.66 bits per heavy atom. The molecular weight excluding hydrogens is 414 g/mol. The first-order valence-electron chi connectivity index (χ1n) is 9.10. The van der Waals surface area contributed by atoms with Crippen molar-refractivity contribution in [1.82, 2.24) is 15.4 Å². The monoisotopic (exact) mass is 437 g/mol. The van der Waals surface area contributed by atoms with Crippen molar-refractivity contribution in [3.63, 3.8) is 0 Å². The van der Waals surface area contributed by atoms with Crippen LogP contribution in [0.1, 0.15) is 29.8 Å². The van der Waals surface area contributed by atoms with Crippen LogP contribution < -0.4 is 15.4 Å². The van der Waals surface area contributed by atoms with Crippen LogP contribution in [0.15, 0.2) is 53.4 Å². The summed E-state index contributed by atoms with van der Waals surface area (Å²) in [5, 5.41) is 5.48. The minimum atomic E-state index is -3.74. The molecule has 0 unspecified atom stereocenters. The highest BCUT2D eigenvalue weighted by molar-refractivity contribution is 7.89. The van der Waals surface area contributed by atoms with Crippen LogP contribution in [0, 0.1) is 0 Å². The molecule has 2 rings (SSSR count). The average Bonchev–Trinajstić information content (AvgIpc) is 2.65. The third-order valence-electron chi connectivity index (χ3n) is 3.82. The summed E-state index contributed by atoms with van der Waals surface area (Å²) >= 11 is 6.05. The fourth-order valence-electron chi connectivity index (χ4n) is 2.54. The van der Waals surface area contributed by atoms with Crippen LogP contribution in [0.2, 0.25) is 5.02 Å². The first-order chi connectivity index (χ1) is 13.7. The smallest absolute Gasteiger partial charge is 0.252 e. The van der Waals surface area contributed by atoms with Gasteiger partial charge in [0, 0.05) is 19.1 Å². The molecule has 0 aliphatic rings. The highest BCUT2D eigenvalue weighted by Gasteiger charge is 2.19. The summed E-state index contributed by atoms with van der Waals surface area (Å²) in [6, 6.07) is 13.0. The maximum Gasteiger partial charge on any atom is 0.252 e. The molecule has 0 heterocycles. The molecular formula is C20H24ClN3O4S. The van der Waals surface area contributed by atoms with E-state index in [1.165, 1.54) is 18.2 Å². The van der Waals surface area contributed by atoms with Crippen molar-refractivity contribution in [1.29, 1.82) is 0 Å². The second-order valence-corrected chi connectivity index (χ2v) is 8.81. The molecule has 0 aliphatic heterocycles. The molecule has 0 bridgehead atoms. The van der Waals surface area contributed by atoms with Crippen molar-refractivity contribution in [2.24, 2.45) is 0 Å². The molecule has 7 nitrogen and oxygen atoms in total. The van der Waals surface area contributed by atoms with Gasteiger partial charge >= 0.3 is 0 Å². The van der Waals surface area contributed by atoms with E-state index in [-0.39, 0.29) is 46.9 Å². The molecule has 2 amide bonds. The molecule has 0 aromatic heterocycles. The summed E-state index contributed by atoms with van der Waals surface area (Å²) < 4.78 is 27.0. The Morgan fingerprint density at radius 3 is 2.31 bits per heavy atom. The first kappa shape index (κ1) is 22.9. The topological polar surface area (TPSA) is 104 Å². The van der Waals surface area contributed by atoms with E-state index >= 15 is 0 Å². The Kier molecular flexibility index (Phi) is 8.19. The standard InChI is InChI=1S/C20H24ClN3O4S/c1-14(2)24-29(27,28)16-8-9-18(21)17(13-16)20(26)23-11-10-22-19(25)12-15-6-4-3-5-7-15/h3-9,13-14,24H,10-12H2,1-2H3,(H,22,25)(H,23,26). The van der Waals surface area contributed by atoms with Crippen molar-refractivity contribution in [3.05, 3.63) is 64.7 Å². The van der Waals surface area contributed by atoms with Gasteiger partial charge in [0.15, 0.2) is 0 Å². The summed E-state index contributed by atoms with van der Waals surface area (Å²) in [6.45, 7) is 3.82. The van der Waals surface area contributed by atoms with Gasteiger partial charge < -0.3 is 10.6 Å². The fraction of sp³-hybridized carbons (Fsp3) is 0.300. The molecule has 29 heavy (non-hydrogen) atoms. The summed E-state index contributed by atoms with van der Waals surface area (Å²) in [5.41, 5.74) is 0.947. The molecule has 2 aromatic rings. The quantitative estimate of drug-likeness (QED) is 0.522. The number of nitrogens with one attached hydrogen (secondary N) is 3. The largest absolute Gasteiger partial charge is 0.354 e. The van der Waals surface area contributed by atoms with Gasteiger partial charge in [0.05, 0.1) is 21.9 Å². The van der Waals surface area contributed by atoms with Crippen molar-refractivity contribution in [3.8, 4) is 0 Å². The number of carbonyl (C=O) groups excluding carboxylic acids is 2. The zero-order valence-corrected chi connectivity index (χ0v) is 17.8. The molecule has 0 saturated heterocycles. The Bertz CT molecular complexity index is 963. The van der Waals surface area contributed by atoms with Gasteiger partial charge in [-0.05, 0) is 37.6 Å². The van der Waals surface area contributed by atoms with E-state index in [4.69, 9.17) is 11.6 Å². The van der Waals surface area contributed by atoms with E-state index in [1.807, 2.05) is 30.3 Å². The van der Waals surface area contributed by atoms with Gasteiger partial charge in [0.25, 0.3) is 5.91 Å². The first-order valence-corrected chi connectivity index (χ1v) is 11.0. The van der Waals surface area contributed by atoms with Gasteiger partial charge in [-0.15, -0.1) is 0 Å². The van der Waals surface area contributed by atoms with Gasteiger partial charge in [0.2, 0.25) is 15.9 Å². The average molecular weight is 438 g/mol. The lowest BCUT2D eigenvalue weighted by Crippen LogP contribution is -2.35. The number of halogens is 1. The number of hydrogen-bond donors (Lipinski definition) is 3. The molecule has 9 heteroatoms. The zero-order valence-electron chi connectivity index (χ0n) is 16.2. The third-order valence-corrected chi connectivity index (χ3v) is 5.81. The van der Waals surface area contributed by atoms with E-state index < -0.39 is 15.9 Å². The second kappa shape index (κ2) is 10.4. The Hall–Kier alpha value is -2.42. The van der Waals surface area contributed by atoms with Crippen molar-refractivity contribution < 1.29 is 18.0 Å². The van der Waals surface area contributed by atoms with Gasteiger partial charge in [-0.2, -0.15) is 0 Å². The van der Waals surface area contributed by atoms with Crippen LogP contribution in [-0.4, -0.2) is 39.4 Å². The number of sulfonamides is 1. The lowest BCUT2D eigenvalue weighted by atomic mass is 10.1. The molecule has 0 radical (unpaired) electrons. The van der Waals surface area contributed by atoms with E-state index in [0.717, 1.165) is 5.56 Å². The molecule has 0 fully saturated rings. The molecule has 0 aliphatic carbocycles.